The molecule has 25 heavy (non-hydrogen) atoms. The highest BCUT2D eigenvalue weighted by atomic mass is 35.5. The van der Waals surface area contributed by atoms with Crippen LogP contribution in [0.3, 0.4) is 0 Å². The van der Waals surface area contributed by atoms with E-state index < -0.39 is 18.6 Å². The van der Waals surface area contributed by atoms with Gasteiger partial charge < -0.3 is 24.6 Å². The molecule has 0 bridgehead atoms. The number of ether oxygens (including phenoxy) is 3. The number of aliphatic hydroxyl groups excluding tert-OH is 1. The number of nitrogens with one attached hydrogen (secondary N) is 1. The van der Waals surface area contributed by atoms with Crippen molar-refractivity contribution < 1.29 is 28.1 Å². The molecule has 6 nitrogen and oxygen atoms in total. The van der Waals surface area contributed by atoms with Crippen LogP contribution in [-0.2, 0) is 0 Å². The van der Waals surface area contributed by atoms with Gasteiger partial charge >= 0.3 is 0 Å². The lowest BCUT2D eigenvalue weighted by molar-refractivity contribution is -0.119. The van der Waals surface area contributed by atoms with Crippen LogP contribution >= 0.6 is 12.4 Å². The maximum atomic E-state index is 14.6. The summed E-state index contributed by atoms with van der Waals surface area (Å²) in [5.41, 5.74) is 0.260. The Kier molecular flexibility index (Phi) is 8.14. The number of hydrogen-bond donors (Lipinski definition) is 2. The van der Waals surface area contributed by atoms with Crippen molar-refractivity contribution in [2.24, 2.45) is 0 Å². The second-order valence-corrected chi connectivity index (χ2v) is 5.56. The Hall–Kier alpha value is -1.35. The number of alkyl halides is 2. The number of halogens is 3. The van der Waals surface area contributed by atoms with Crippen molar-refractivity contribution in [2.75, 3.05) is 54.1 Å². The highest BCUT2D eigenvalue weighted by molar-refractivity contribution is 5.85. The third kappa shape index (κ3) is 4.63. The van der Waals surface area contributed by atoms with Crippen molar-refractivity contribution >= 4 is 12.4 Å². The van der Waals surface area contributed by atoms with Gasteiger partial charge in [-0.1, -0.05) is 0 Å². The molecule has 0 saturated carbocycles. The summed E-state index contributed by atoms with van der Waals surface area (Å²) in [5, 5.41) is 12.4. The molecule has 1 aromatic carbocycles. The predicted molar refractivity (Wildman–Crippen MR) is 92.6 cm³/mol. The van der Waals surface area contributed by atoms with E-state index in [1.165, 1.54) is 33.5 Å². The minimum absolute atomic E-state index is 0. The van der Waals surface area contributed by atoms with E-state index in [1.807, 2.05) is 0 Å². The Morgan fingerprint density at radius 3 is 2.08 bits per heavy atom. The summed E-state index contributed by atoms with van der Waals surface area (Å²) in [4.78, 5) is 1.65. The molecule has 1 atom stereocenters. The molecular weight excluding hydrogens is 358 g/mol. The highest BCUT2D eigenvalue weighted by Gasteiger charge is 2.45. The quantitative estimate of drug-likeness (QED) is 0.748. The molecule has 144 valence electrons. The Morgan fingerprint density at radius 1 is 1.08 bits per heavy atom. The van der Waals surface area contributed by atoms with Crippen LogP contribution in [0.25, 0.3) is 0 Å². The van der Waals surface area contributed by atoms with Crippen LogP contribution in [0.4, 0.5) is 8.78 Å². The zero-order chi connectivity index (χ0) is 17.7. The summed E-state index contributed by atoms with van der Waals surface area (Å²) < 4.78 is 44.9. The van der Waals surface area contributed by atoms with Gasteiger partial charge in [0.05, 0.1) is 21.3 Å². The molecule has 0 aromatic heterocycles. The molecule has 0 aliphatic carbocycles. The first kappa shape index (κ1) is 21.7. The third-order valence-corrected chi connectivity index (χ3v) is 4.16. The van der Waals surface area contributed by atoms with Gasteiger partial charge in [0.1, 0.15) is 18.4 Å². The van der Waals surface area contributed by atoms with Gasteiger partial charge in [0.25, 0.3) is 5.92 Å². The van der Waals surface area contributed by atoms with E-state index >= 15 is 0 Å². The molecule has 9 heteroatoms. The first-order chi connectivity index (χ1) is 11.5. The largest absolute Gasteiger partial charge is 0.496 e. The lowest BCUT2D eigenvalue weighted by atomic mass is 9.96. The van der Waals surface area contributed by atoms with Crippen molar-refractivity contribution in [1.82, 2.24) is 10.2 Å². The van der Waals surface area contributed by atoms with Gasteiger partial charge in [-0.3, -0.25) is 4.90 Å². The molecule has 1 aliphatic rings. The van der Waals surface area contributed by atoms with Crippen molar-refractivity contribution in [2.45, 2.75) is 12.0 Å². The zero-order valence-electron chi connectivity index (χ0n) is 14.6. The molecule has 2 rings (SSSR count). The molecule has 1 heterocycles. The Balaban J connectivity index is 0.00000312. The van der Waals surface area contributed by atoms with Crippen molar-refractivity contribution in [3.8, 4) is 17.2 Å². The minimum Gasteiger partial charge on any atom is -0.496 e. The summed E-state index contributed by atoms with van der Waals surface area (Å²) in [6.45, 7) is 0.843. The van der Waals surface area contributed by atoms with Gasteiger partial charge in [0.2, 0.25) is 0 Å². The number of rotatable bonds is 7. The first-order valence-electron chi connectivity index (χ1n) is 7.71. The number of benzene rings is 1. The lowest BCUT2D eigenvalue weighted by Gasteiger charge is -2.39. The molecule has 1 fully saturated rings. The molecule has 1 saturated heterocycles. The van der Waals surface area contributed by atoms with Crippen LogP contribution in [-0.4, -0.2) is 70.0 Å². The van der Waals surface area contributed by atoms with E-state index in [1.54, 1.807) is 4.90 Å². The molecule has 0 spiro atoms. The van der Waals surface area contributed by atoms with Gasteiger partial charge in [-0.25, -0.2) is 8.78 Å². The number of nitrogens with zero attached hydrogens (tertiary/aromatic N) is 1. The third-order valence-electron chi connectivity index (χ3n) is 4.16. The summed E-state index contributed by atoms with van der Waals surface area (Å²) in [6, 6.07) is 1.70. The van der Waals surface area contributed by atoms with Crippen LogP contribution in [0.5, 0.6) is 17.2 Å². The molecule has 2 N–H and O–H groups in total. The van der Waals surface area contributed by atoms with Gasteiger partial charge in [-0.2, -0.15) is 0 Å². The maximum absolute atomic E-state index is 14.6. The van der Waals surface area contributed by atoms with Crippen LogP contribution in [0.1, 0.15) is 11.6 Å². The predicted octanol–water partition coefficient (Wildman–Crippen LogP) is 1.71. The molecule has 1 aliphatic heterocycles. The SMILES string of the molecule is COc1cc(OC)c([C@@H](N2CCNCC2)C(F)(F)CO)cc1OC.Cl. The molecular formula is C16H25ClF2N2O4. The van der Waals surface area contributed by atoms with Crippen molar-refractivity contribution in [3.05, 3.63) is 17.7 Å². The fourth-order valence-electron chi connectivity index (χ4n) is 2.98. The Bertz CT molecular complexity index is 557. The molecule has 0 radical (unpaired) electrons. The number of piperazine rings is 1. The topological polar surface area (TPSA) is 63.2 Å². The standard InChI is InChI=1S/C16H24F2N2O4.ClH/c1-22-12-9-14(24-3)13(23-2)8-11(12)15(16(17,18)10-21)20-6-4-19-5-7-20;/h8-9,15,19,21H,4-7,10H2,1-3H3;1H/t15-;/m1./s1. The minimum atomic E-state index is -3.33. The van der Waals surface area contributed by atoms with E-state index in [0.717, 1.165) is 0 Å². The average Bonchev–Trinajstić information content (AvgIpc) is 2.62. The Labute approximate surface area is 152 Å². The van der Waals surface area contributed by atoms with Crippen molar-refractivity contribution in [3.63, 3.8) is 0 Å². The summed E-state index contributed by atoms with van der Waals surface area (Å²) in [7, 11) is 4.32. The fourth-order valence-corrected chi connectivity index (χ4v) is 2.98. The smallest absolute Gasteiger partial charge is 0.290 e. The van der Waals surface area contributed by atoms with Gasteiger partial charge in [-0.05, 0) is 6.07 Å². The van der Waals surface area contributed by atoms with Gasteiger partial charge in [-0.15, -0.1) is 12.4 Å². The monoisotopic (exact) mass is 382 g/mol. The number of hydrogen-bond acceptors (Lipinski definition) is 6. The van der Waals surface area contributed by atoms with Crippen LogP contribution in [0.15, 0.2) is 12.1 Å². The van der Waals surface area contributed by atoms with E-state index in [-0.39, 0.29) is 23.7 Å². The van der Waals surface area contributed by atoms with E-state index in [9.17, 15) is 13.9 Å². The maximum Gasteiger partial charge on any atom is 0.290 e. The summed E-state index contributed by atoms with van der Waals surface area (Å²) >= 11 is 0. The first-order valence-corrected chi connectivity index (χ1v) is 7.71. The van der Waals surface area contributed by atoms with Crippen LogP contribution in [0, 0.1) is 0 Å². The van der Waals surface area contributed by atoms with E-state index in [2.05, 4.69) is 5.32 Å². The Morgan fingerprint density at radius 2 is 1.60 bits per heavy atom. The summed E-state index contributed by atoms with van der Waals surface area (Å²) in [5.74, 6) is -2.33. The number of methoxy groups -OCH3 is 3. The van der Waals surface area contributed by atoms with Gasteiger partial charge in [0.15, 0.2) is 11.5 Å². The van der Waals surface area contributed by atoms with Crippen LogP contribution in [0.2, 0.25) is 0 Å². The lowest BCUT2D eigenvalue weighted by Crippen LogP contribution is -2.51. The molecule has 1 aromatic rings. The van der Waals surface area contributed by atoms with Gasteiger partial charge in [0, 0.05) is 37.8 Å². The average molecular weight is 383 g/mol. The van der Waals surface area contributed by atoms with E-state index in [4.69, 9.17) is 14.2 Å². The fraction of sp³-hybridized carbons (Fsp3) is 0.625. The van der Waals surface area contributed by atoms with Crippen LogP contribution < -0.4 is 19.5 Å². The number of aliphatic hydroxyl groups is 1. The van der Waals surface area contributed by atoms with E-state index in [0.29, 0.717) is 37.7 Å². The molecule has 0 unspecified atom stereocenters. The second-order valence-electron chi connectivity index (χ2n) is 5.56. The highest BCUT2D eigenvalue weighted by Crippen LogP contribution is 2.44. The normalized spacial score (nSPS) is 16.7. The summed E-state index contributed by atoms with van der Waals surface area (Å²) in [6.07, 6.45) is 0. The zero-order valence-corrected chi connectivity index (χ0v) is 15.4. The molecule has 0 amide bonds. The van der Waals surface area contributed by atoms with Crippen molar-refractivity contribution in [1.29, 1.82) is 0 Å². The second kappa shape index (κ2) is 9.38.